The lowest BCUT2D eigenvalue weighted by atomic mass is 10.3. The van der Waals surface area contributed by atoms with Gasteiger partial charge in [0.1, 0.15) is 13.2 Å². The van der Waals surface area contributed by atoms with Gasteiger partial charge in [0.05, 0.1) is 6.21 Å². The quantitative estimate of drug-likeness (QED) is 0.318. The molecule has 4 heteroatoms. The predicted octanol–water partition coefficient (Wildman–Crippen LogP) is 2.86. The van der Waals surface area contributed by atoms with Gasteiger partial charge in [-0.1, -0.05) is 43.4 Å². The first-order chi connectivity index (χ1) is 7.41. The van der Waals surface area contributed by atoms with Gasteiger partial charge in [-0.25, -0.2) is 0 Å². The van der Waals surface area contributed by atoms with Crippen LogP contribution in [0.2, 0.25) is 0 Å². The normalized spacial score (nSPS) is 11.3. The number of unbranched alkanes of at least 4 members (excludes halogenated alkanes) is 3. The maximum atomic E-state index is 4.93. The highest BCUT2D eigenvalue weighted by atomic mass is 16.6. The van der Waals surface area contributed by atoms with E-state index in [1.807, 2.05) is 0 Å². The van der Waals surface area contributed by atoms with Crippen molar-refractivity contribution < 1.29 is 9.68 Å². The van der Waals surface area contributed by atoms with E-state index >= 15 is 0 Å². The summed E-state index contributed by atoms with van der Waals surface area (Å²) in [4.78, 5) is 9.84. The second kappa shape index (κ2) is 12.9. The second-order valence-electron chi connectivity index (χ2n) is 3.18. The van der Waals surface area contributed by atoms with E-state index < -0.39 is 0 Å². The van der Waals surface area contributed by atoms with Crippen LogP contribution in [0.3, 0.4) is 0 Å². The summed E-state index contributed by atoms with van der Waals surface area (Å²) in [6.45, 7) is 5.54. The van der Waals surface area contributed by atoms with Crippen LogP contribution in [-0.2, 0) is 9.68 Å². The highest BCUT2D eigenvalue weighted by Crippen LogP contribution is 1.93. The highest BCUT2D eigenvalue weighted by molar-refractivity contribution is 6.15. The Hall–Kier alpha value is -1.06. The Bertz CT molecular complexity index is 170. The number of rotatable bonds is 10. The van der Waals surface area contributed by atoms with E-state index in [2.05, 4.69) is 30.4 Å². The fourth-order valence-corrected chi connectivity index (χ4v) is 0.846. The smallest absolute Gasteiger partial charge is 0.155 e. The Morgan fingerprint density at radius 1 is 1.00 bits per heavy atom. The van der Waals surface area contributed by atoms with Crippen molar-refractivity contribution in [2.75, 3.05) is 13.2 Å². The van der Waals surface area contributed by atoms with Crippen LogP contribution in [0.4, 0.5) is 0 Å². The molecule has 0 rings (SSSR count). The number of hydrogen-bond donors (Lipinski definition) is 0. The fraction of sp³-hybridized carbons (Fsp3) is 0.818. The van der Waals surface area contributed by atoms with E-state index in [9.17, 15) is 0 Å². The standard InChI is InChI=1S/C11H21N2O2/c1-3-5-7-11-15-13-9-8-12-14-10-6-4-2/h8H,3-7,10-11H2,1-2H3. The van der Waals surface area contributed by atoms with Gasteiger partial charge in [0.2, 0.25) is 0 Å². The van der Waals surface area contributed by atoms with Gasteiger partial charge in [-0.2, -0.15) is 0 Å². The molecule has 1 radical (unpaired) electrons. The Morgan fingerprint density at radius 2 is 1.73 bits per heavy atom. The van der Waals surface area contributed by atoms with E-state index in [1.54, 1.807) is 0 Å². The first-order valence-corrected chi connectivity index (χ1v) is 5.63. The largest absolute Gasteiger partial charge is 0.396 e. The Balaban J connectivity index is 3.15. The average Bonchev–Trinajstić information content (AvgIpc) is 2.26. The van der Waals surface area contributed by atoms with Gasteiger partial charge in [0, 0.05) is 0 Å². The molecule has 0 aromatic carbocycles. The average molecular weight is 213 g/mol. The van der Waals surface area contributed by atoms with Crippen LogP contribution < -0.4 is 0 Å². The molecule has 0 N–H and O–H groups in total. The SMILES string of the molecule is CCCCCO/N=[C]/C=NOCCCC. The van der Waals surface area contributed by atoms with Crippen molar-refractivity contribution in [1.29, 1.82) is 0 Å². The minimum absolute atomic E-state index is 0.644. The molecule has 15 heavy (non-hydrogen) atoms. The molecule has 4 nitrogen and oxygen atoms in total. The molecule has 0 aromatic rings. The summed E-state index contributed by atoms with van der Waals surface area (Å²) < 4.78 is 0. The molecule has 0 aromatic heterocycles. The lowest BCUT2D eigenvalue weighted by molar-refractivity contribution is 0.139. The molecule has 0 spiro atoms. The molecule has 0 saturated carbocycles. The van der Waals surface area contributed by atoms with E-state index in [-0.39, 0.29) is 0 Å². The summed E-state index contributed by atoms with van der Waals surface area (Å²) in [5, 5.41) is 7.21. The van der Waals surface area contributed by atoms with Crippen LogP contribution in [0.1, 0.15) is 46.0 Å². The van der Waals surface area contributed by atoms with Crippen LogP contribution in [0.25, 0.3) is 0 Å². The first kappa shape index (κ1) is 13.9. The summed E-state index contributed by atoms with van der Waals surface area (Å²) in [6.07, 6.45) is 9.40. The van der Waals surface area contributed by atoms with Gasteiger partial charge in [0.25, 0.3) is 0 Å². The summed E-state index contributed by atoms with van der Waals surface area (Å²) in [5.74, 6) is 0. The van der Waals surface area contributed by atoms with Crippen molar-refractivity contribution in [3.05, 3.63) is 0 Å². The monoisotopic (exact) mass is 213 g/mol. The minimum Gasteiger partial charge on any atom is -0.396 e. The zero-order valence-corrected chi connectivity index (χ0v) is 9.74. The molecule has 0 amide bonds. The fourth-order valence-electron chi connectivity index (χ4n) is 0.846. The lowest BCUT2D eigenvalue weighted by Crippen LogP contribution is -1.90. The Labute approximate surface area is 92.3 Å². The summed E-state index contributed by atoms with van der Waals surface area (Å²) in [6, 6.07) is 0. The maximum absolute atomic E-state index is 4.93. The lowest BCUT2D eigenvalue weighted by Gasteiger charge is -1.95. The van der Waals surface area contributed by atoms with Gasteiger partial charge in [-0.05, 0) is 12.8 Å². The van der Waals surface area contributed by atoms with Crippen LogP contribution >= 0.6 is 0 Å². The van der Waals surface area contributed by atoms with Crippen molar-refractivity contribution in [2.24, 2.45) is 10.3 Å². The molecule has 87 valence electrons. The van der Waals surface area contributed by atoms with Gasteiger partial charge in [-0.15, -0.1) is 0 Å². The summed E-state index contributed by atoms with van der Waals surface area (Å²) in [7, 11) is 0. The third-order valence-corrected chi connectivity index (χ3v) is 1.73. The summed E-state index contributed by atoms with van der Waals surface area (Å²) >= 11 is 0. The van der Waals surface area contributed by atoms with Crippen LogP contribution in [-0.4, -0.2) is 25.6 Å². The van der Waals surface area contributed by atoms with Gasteiger partial charge in [-0.3, -0.25) is 0 Å². The van der Waals surface area contributed by atoms with Gasteiger partial charge < -0.3 is 9.68 Å². The molecule has 0 unspecified atom stereocenters. The summed E-state index contributed by atoms with van der Waals surface area (Å²) in [5.41, 5.74) is 0. The van der Waals surface area contributed by atoms with Crippen molar-refractivity contribution >= 4 is 12.4 Å². The Kier molecular flexibility index (Phi) is 12.0. The van der Waals surface area contributed by atoms with E-state index in [0.717, 1.165) is 19.3 Å². The number of hydrogen-bond acceptors (Lipinski definition) is 4. The van der Waals surface area contributed by atoms with E-state index in [4.69, 9.17) is 9.68 Å². The van der Waals surface area contributed by atoms with E-state index in [0.29, 0.717) is 13.2 Å². The van der Waals surface area contributed by atoms with Crippen LogP contribution in [0.15, 0.2) is 10.3 Å². The molecular formula is C11H21N2O2. The van der Waals surface area contributed by atoms with Crippen molar-refractivity contribution in [1.82, 2.24) is 0 Å². The molecule has 0 aliphatic heterocycles. The first-order valence-electron chi connectivity index (χ1n) is 5.63. The second-order valence-corrected chi connectivity index (χ2v) is 3.18. The Morgan fingerprint density at radius 3 is 2.47 bits per heavy atom. The zero-order chi connectivity index (χ0) is 11.2. The molecule has 0 aliphatic rings. The zero-order valence-electron chi connectivity index (χ0n) is 9.74. The number of oxime groups is 1. The maximum Gasteiger partial charge on any atom is 0.155 e. The molecule has 0 saturated heterocycles. The third-order valence-electron chi connectivity index (χ3n) is 1.73. The molecule has 0 fully saturated rings. The van der Waals surface area contributed by atoms with Gasteiger partial charge >= 0.3 is 0 Å². The van der Waals surface area contributed by atoms with Gasteiger partial charge in [0.15, 0.2) is 6.21 Å². The minimum atomic E-state index is 0.644. The molecule has 0 bridgehead atoms. The predicted molar refractivity (Wildman–Crippen MR) is 62.3 cm³/mol. The molecule has 0 heterocycles. The topological polar surface area (TPSA) is 43.2 Å². The molecular weight excluding hydrogens is 192 g/mol. The molecule has 0 atom stereocenters. The van der Waals surface area contributed by atoms with Crippen molar-refractivity contribution in [2.45, 2.75) is 46.0 Å². The van der Waals surface area contributed by atoms with Crippen molar-refractivity contribution in [3.8, 4) is 0 Å². The number of nitrogens with zero attached hydrogens (tertiary/aromatic N) is 2. The van der Waals surface area contributed by atoms with Crippen LogP contribution in [0.5, 0.6) is 0 Å². The highest BCUT2D eigenvalue weighted by Gasteiger charge is 1.84. The van der Waals surface area contributed by atoms with E-state index in [1.165, 1.54) is 19.1 Å². The van der Waals surface area contributed by atoms with Crippen LogP contribution in [0, 0.1) is 0 Å². The third kappa shape index (κ3) is 12.9. The van der Waals surface area contributed by atoms with Crippen molar-refractivity contribution in [3.63, 3.8) is 0 Å². The molecule has 0 aliphatic carbocycles.